The van der Waals surface area contributed by atoms with Gasteiger partial charge in [-0.25, -0.2) is 9.97 Å². The molecule has 3 aromatic rings. The molecule has 0 saturated carbocycles. The second-order valence-electron chi connectivity index (χ2n) is 6.16. The van der Waals surface area contributed by atoms with E-state index in [2.05, 4.69) is 25.3 Å². The van der Waals surface area contributed by atoms with E-state index in [0.29, 0.717) is 22.8 Å². The molecular formula is C21H18F3N5O. The van der Waals surface area contributed by atoms with Crippen molar-refractivity contribution in [2.45, 2.75) is 13.3 Å². The van der Waals surface area contributed by atoms with Gasteiger partial charge in [0.25, 0.3) is 0 Å². The van der Waals surface area contributed by atoms with E-state index in [0.717, 1.165) is 11.4 Å². The van der Waals surface area contributed by atoms with Crippen LogP contribution >= 0.6 is 0 Å². The quantitative estimate of drug-likeness (QED) is 0.439. The third-order valence-electron chi connectivity index (χ3n) is 3.96. The number of rotatable bonds is 7. The maximum atomic E-state index is 12.3. The SMILES string of the molecule is C/C(Nc1ccccc1)=C(/C=N)c1cc(Nc2ccc(OC(F)(F)F)cc2)ncn1. The second kappa shape index (κ2) is 9.08. The maximum Gasteiger partial charge on any atom is 0.573 e. The Morgan fingerprint density at radius 1 is 1.00 bits per heavy atom. The molecule has 0 amide bonds. The van der Waals surface area contributed by atoms with Gasteiger partial charge in [0.2, 0.25) is 0 Å². The van der Waals surface area contributed by atoms with Gasteiger partial charge in [-0.1, -0.05) is 18.2 Å². The van der Waals surface area contributed by atoms with Gasteiger partial charge in [0.1, 0.15) is 17.9 Å². The first-order chi connectivity index (χ1) is 14.3. The highest BCUT2D eigenvalue weighted by atomic mass is 19.4. The van der Waals surface area contributed by atoms with Gasteiger partial charge in [-0.15, -0.1) is 13.2 Å². The predicted molar refractivity (Wildman–Crippen MR) is 110 cm³/mol. The van der Waals surface area contributed by atoms with Crippen LogP contribution in [0.5, 0.6) is 5.75 Å². The summed E-state index contributed by atoms with van der Waals surface area (Å²) >= 11 is 0. The molecule has 0 fully saturated rings. The van der Waals surface area contributed by atoms with Crippen LogP contribution < -0.4 is 15.4 Å². The molecular weight excluding hydrogens is 395 g/mol. The second-order valence-corrected chi connectivity index (χ2v) is 6.16. The molecule has 2 aromatic carbocycles. The summed E-state index contributed by atoms with van der Waals surface area (Å²) in [5.74, 6) is 0.115. The van der Waals surface area contributed by atoms with E-state index in [1.165, 1.54) is 36.8 Å². The highest BCUT2D eigenvalue weighted by Crippen LogP contribution is 2.25. The number of ether oxygens (including phenoxy) is 1. The van der Waals surface area contributed by atoms with Crippen LogP contribution in [-0.4, -0.2) is 22.5 Å². The molecule has 0 aliphatic rings. The number of hydrogen-bond acceptors (Lipinski definition) is 6. The van der Waals surface area contributed by atoms with Gasteiger partial charge in [-0.2, -0.15) is 0 Å². The number of anilines is 3. The fourth-order valence-electron chi connectivity index (χ4n) is 2.64. The van der Waals surface area contributed by atoms with Crippen LogP contribution in [0.3, 0.4) is 0 Å². The van der Waals surface area contributed by atoms with Crippen LogP contribution in [0.15, 0.2) is 72.7 Å². The van der Waals surface area contributed by atoms with Crippen LogP contribution in [0.1, 0.15) is 12.6 Å². The summed E-state index contributed by atoms with van der Waals surface area (Å²) in [6.45, 7) is 1.84. The van der Waals surface area contributed by atoms with Gasteiger partial charge < -0.3 is 20.8 Å². The van der Waals surface area contributed by atoms with Gasteiger partial charge in [-0.05, 0) is 43.3 Å². The largest absolute Gasteiger partial charge is 0.573 e. The number of para-hydroxylation sites is 1. The summed E-state index contributed by atoms with van der Waals surface area (Å²) in [5, 5.41) is 14.0. The molecule has 30 heavy (non-hydrogen) atoms. The lowest BCUT2D eigenvalue weighted by molar-refractivity contribution is -0.274. The van der Waals surface area contributed by atoms with Crippen LogP contribution in [0.25, 0.3) is 5.57 Å². The monoisotopic (exact) mass is 413 g/mol. The van der Waals surface area contributed by atoms with E-state index in [1.54, 1.807) is 6.07 Å². The predicted octanol–water partition coefficient (Wildman–Crippen LogP) is 5.61. The van der Waals surface area contributed by atoms with Gasteiger partial charge in [0, 0.05) is 34.9 Å². The summed E-state index contributed by atoms with van der Waals surface area (Å²) < 4.78 is 40.6. The Labute approximate surface area is 171 Å². The van der Waals surface area contributed by atoms with Gasteiger partial charge in [0.15, 0.2) is 0 Å². The lowest BCUT2D eigenvalue weighted by Gasteiger charge is -2.12. The first-order valence-corrected chi connectivity index (χ1v) is 8.83. The van der Waals surface area contributed by atoms with E-state index in [-0.39, 0.29) is 5.75 Å². The minimum atomic E-state index is -4.74. The van der Waals surface area contributed by atoms with Crippen LogP contribution in [-0.2, 0) is 0 Å². The van der Waals surface area contributed by atoms with Crippen molar-refractivity contribution in [1.29, 1.82) is 5.41 Å². The zero-order valence-electron chi connectivity index (χ0n) is 15.9. The Kier molecular flexibility index (Phi) is 6.31. The normalized spacial score (nSPS) is 12.0. The molecule has 0 spiro atoms. The number of aromatic nitrogens is 2. The fraction of sp³-hybridized carbons (Fsp3) is 0.0952. The first-order valence-electron chi connectivity index (χ1n) is 8.83. The molecule has 0 aliphatic heterocycles. The Balaban J connectivity index is 1.78. The Morgan fingerprint density at radius 2 is 1.70 bits per heavy atom. The van der Waals surface area contributed by atoms with E-state index < -0.39 is 6.36 Å². The number of benzene rings is 2. The Hall–Kier alpha value is -3.88. The molecule has 0 bridgehead atoms. The van der Waals surface area contributed by atoms with Crippen LogP contribution in [0.4, 0.5) is 30.4 Å². The smallest absolute Gasteiger partial charge is 0.406 e. The number of halogens is 3. The van der Waals surface area contributed by atoms with Crippen LogP contribution in [0, 0.1) is 5.41 Å². The van der Waals surface area contributed by atoms with Crippen molar-refractivity contribution in [3.63, 3.8) is 0 Å². The average molecular weight is 413 g/mol. The van der Waals surface area contributed by atoms with Crippen molar-refractivity contribution >= 4 is 29.0 Å². The summed E-state index contributed by atoms with van der Waals surface area (Å²) in [7, 11) is 0. The average Bonchev–Trinajstić information content (AvgIpc) is 2.70. The Morgan fingerprint density at radius 3 is 2.33 bits per heavy atom. The minimum absolute atomic E-state index is 0.312. The minimum Gasteiger partial charge on any atom is -0.406 e. The first kappa shape index (κ1) is 20.8. The highest BCUT2D eigenvalue weighted by molar-refractivity contribution is 6.09. The number of allylic oxidation sites excluding steroid dienone is 2. The Bertz CT molecular complexity index is 1030. The lowest BCUT2D eigenvalue weighted by atomic mass is 10.1. The molecule has 3 N–H and O–H groups in total. The zero-order valence-corrected chi connectivity index (χ0v) is 15.9. The molecule has 0 atom stereocenters. The van der Waals surface area contributed by atoms with Gasteiger partial charge in [0.05, 0.1) is 5.69 Å². The summed E-state index contributed by atoms with van der Waals surface area (Å²) in [6.07, 6.45) is -2.20. The third kappa shape index (κ3) is 5.81. The third-order valence-corrected chi connectivity index (χ3v) is 3.96. The van der Waals surface area contributed by atoms with Gasteiger partial charge in [-0.3, -0.25) is 0 Å². The van der Waals surface area contributed by atoms with E-state index in [9.17, 15) is 13.2 Å². The van der Waals surface area contributed by atoms with Gasteiger partial charge >= 0.3 is 6.36 Å². The molecule has 3 rings (SSSR count). The van der Waals surface area contributed by atoms with E-state index in [4.69, 9.17) is 5.41 Å². The highest BCUT2D eigenvalue weighted by Gasteiger charge is 2.30. The van der Waals surface area contributed by atoms with E-state index >= 15 is 0 Å². The molecule has 0 radical (unpaired) electrons. The topological polar surface area (TPSA) is 82.9 Å². The summed E-state index contributed by atoms with van der Waals surface area (Å²) in [4.78, 5) is 8.35. The maximum absolute atomic E-state index is 12.3. The standard InChI is InChI=1S/C21H18F3N5O/c1-14(28-15-5-3-2-4-6-15)18(12-25)19-11-20(27-13-26-19)29-16-7-9-17(10-8-16)30-21(22,23)24/h2-13,25,28H,1H3,(H,26,27,29)/b18-14+,25-12?. The van der Waals surface area contributed by atoms with Crippen LogP contribution in [0.2, 0.25) is 0 Å². The number of hydrogen-bond donors (Lipinski definition) is 3. The zero-order chi connectivity index (χ0) is 21.6. The van der Waals surface area contributed by atoms with Crippen molar-refractivity contribution in [3.8, 4) is 5.75 Å². The van der Waals surface area contributed by atoms with Crippen molar-refractivity contribution < 1.29 is 17.9 Å². The lowest BCUT2D eigenvalue weighted by Crippen LogP contribution is -2.16. The number of nitrogens with zero attached hydrogens (tertiary/aromatic N) is 2. The van der Waals surface area contributed by atoms with Crippen molar-refractivity contribution in [2.24, 2.45) is 0 Å². The molecule has 1 heterocycles. The number of nitrogens with one attached hydrogen (secondary N) is 3. The molecule has 6 nitrogen and oxygen atoms in total. The fourth-order valence-corrected chi connectivity index (χ4v) is 2.64. The molecule has 0 aliphatic carbocycles. The summed E-state index contributed by atoms with van der Waals surface area (Å²) in [6, 6.07) is 16.5. The summed E-state index contributed by atoms with van der Waals surface area (Å²) in [5.41, 5.74) is 3.21. The van der Waals surface area contributed by atoms with E-state index in [1.807, 2.05) is 37.3 Å². The molecule has 0 unspecified atom stereocenters. The van der Waals surface area contributed by atoms with Crippen molar-refractivity contribution in [2.75, 3.05) is 10.6 Å². The molecule has 154 valence electrons. The van der Waals surface area contributed by atoms with Crippen molar-refractivity contribution in [3.05, 3.63) is 78.4 Å². The molecule has 9 heteroatoms. The van der Waals surface area contributed by atoms with Crippen molar-refractivity contribution in [1.82, 2.24) is 9.97 Å². The number of alkyl halides is 3. The molecule has 1 aromatic heterocycles. The molecule has 0 saturated heterocycles.